The van der Waals surface area contributed by atoms with Gasteiger partial charge in [0.1, 0.15) is 0 Å². The number of thioether (sulfide) groups is 1. The summed E-state index contributed by atoms with van der Waals surface area (Å²) in [7, 11) is 0. The molecular formula is C11H19NOS. The molecule has 3 unspecified atom stereocenters. The van der Waals surface area contributed by atoms with Crippen LogP contribution in [0.5, 0.6) is 0 Å². The van der Waals surface area contributed by atoms with E-state index >= 15 is 0 Å². The van der Waals surface area contributed by atoms with Crippen LogP contribution in [0.3, 0.4) is 0 Å². The van der Waals surface area contributed by atoms with Crippen LogP contribution in [0.4, 0.5) is 0 Å². The molecule has 2 aliphatic heterocycles. The molecule has 2 nitrogen and oxygen atoms in total. The average molecular weight is 213 g/mol. The monoisotopic (exact) mass is 213 g/mol. The minimum Gasteiger partial charge on any atom is -0.325 e. The summed E-state index contributed by atoms with van der Waals surface area (Å²) >= 11 is 1.97. The average Bonchev–Trinajstić information content (AvgIpc) is 2.19. The Hall–Kier alpha value is -0.180. The van der Waals surface area contributed by atoms with Crippen molar-refractivity contribution in [3.8, 4) is 0 Å². The molecule has 2 rings (SSSR count). The number of carbonyl (C=O) groups excluding carboxylic acids is 1. The highest BCUT2D eigenvalue weighted by Crippen LogP contribution is 2.54. The zero-order valence-corrected chi connectivity index (χ0v) is 10.4. The first-order valence-electron chi connectivity index (χ1n) is 5.36. The lowest BCUT2D eigenvalue weighted by atomic mass is 9.85. The quantitative estimate of drug-likeness (QED) is 0.623. The molecule has 0 N–H and O–H groups in total. The van der Waals surface area contributed by atoms with E-state index in [-0.39, 0.29) is 10.7 Å². The van der Waals surface area contributed by atoms with Gasteiger partial charge in [0.05, 0.1) is 11.3 Å². The topological polar surface area (TPSA) is 20.3 Å². The second kappa shape index (κ2) is 2.91. The molecule has 1 amide bonds. The SMILES string of the molecule is CC(C)C1C(=O)N2C1SC(C)(C)C2C. The number of hydrogen-bond acceptors (Lipinski definition) is 2. The Bertz CT molecular complexity index is 274. The molecule has 0 radical (unpaired) electrons. The summed E-state index contributed by atoms with van der Waals surface area (Å²) < 4.78 is 0.226. The first-order chi connectivity index (χ1) is 6.36. The van der Waals surface area contributed by atoms with Crippen LogP contribution < -0.4 is 0 Å². The van der Waals surface area contributed by atoms with Crippen molar-refractivity contribution < 1.29 is 4.79 Å². The molecule has 0 bridgehead atoms. The molecule has 2 aliphatic rings. The van der Waals surface area contributed by atoms with Gasteiger partial charge in [-0.1, -0.05) is 13.8 Å². The van der Waals surface area contributed by atoms with Gasteiger partial charge in [0, 0.05) is 10.8 Å². The van der Waals surface area contributed by atoms with Gasteiger partial charge in [0.2, 0.25) is 5.91 Å². The maximum absolute atomic E-state index is 11.9. The molecular weight excluding hydrogens is 194 g/mol. The summed E-state index contributed by atoms with van der Waals surface area (Å²) in [4.78, 5) is 14.0. The van der Waals surface area contributed by atoms with Crippen molar-refractivity contribution in [3.63, 3.8) is 0 Å². The van der Waals surface area contributed by atoms with Crippen molar-refractivity contribution in [1.29, 1.82) is 0 Å². The van der Waals surface area contributed by atoms with E-state index in [2.05, 4.69) is 39.5 Å². The van der Waals surface area contributed by atoms with Crippen LogP contribution in [0.2, 0.25) is 0 Å². The van der Waals surface area contributed by atoms with Crippen molar-refractivity contribution in [2.24, 2.45) is 11.8 Å². The highest BCUT2D eigenvalue weighted by Gasteiger charge is 2.60. The summed E-state index contributed by atoms with van der Waals surface area (Å²) in [6, 6.07) is 0.389. The van der Waals surface area contributed by atoms with E-state index in [1.54, 1.807) is 0 Å². The van der Waals surface area contributed by atoms with Crippen LogP contribution in [0.25, 0.3) is 0 Å². The molecule has 0 spiro atoms. The van der Waals surface area contributed by atoms with Crippen LogP contribution in [0.15, 0.2) is 0 Å². The highest BCUT2D eigenvalue weighted by atomic mass is 32.2. The van der Waals surface area contributed by atoms with Gasteiger partial charge in [-0.05, 0) is 26.7 Å². The number of carbonyl (C=O) groups is 1. The molecule has 0 saturated carbocycles. The molecule has 0 aromatic rings. The van der Waals surface area contributed by atoms with Crippen LogP contribution in [-0.2, 0) is 4.79 Å². The molecule has 2 fully saturated rings. The Balaban J connectivity index is 2.20. The summed E-state index contributed by atoms with van der Waals surface area (Å²) in [5, 5.41) is 0.451. The normalized spacial score (nSPS) is 40.0. The molecule has 3 heteroatoms. The third-order valence-electron chi connectivity index (χ3n) is 3.69. The molecule has 2 heterocycles. The molecule has 0 aliphatic carbocycles. The van der Waals surface area contributed by atoms with Gasteiger partial charge in [-0.25, -0.2) is 0 Å². The zero-order chi connectivity index (χ0) is 10.7. The maximum Gasteiger partial charge on any atom is 0.230 e. The second-order valence-corrected chi connectivity index (χ2v) is 7.07. The lowest BCUT2D eigenvalue weighted by molar-refractivity contribution is -0.155. The smallest absolute Gasteiger partial charge is 0.230 e. The first-order valence-corrected chi connectivity index (χ1v) is 6.24. The number of β-lactam (4-membered cyclic amide) rings is 1. The molecule has 3 atom stereocenters. The van der Waals surface area contributed by atoms with Crippen LogP contribution >= 0.6 is 11.8 Å². The zero-order valence-electron chi connectivity index (χ0n) is 9.57. The lowest BCUT2D eigenvalue weighted by Gasteiger charge is -2.46. The fourth-order valence-electron chi connectivity index (χ4n) is 2.41. The summed E-state index contributed by atoms with van der Waals surface area (Å²) in [6.07, 6.45) is 0. The van der Waals surface area contributed by atoms with Crippen molar-refractivity contribution in [1.82, 2.24) is 4.90 Å². The van der Waals surface area contributed by atoms with Crippen molar-refractivity contribution in [2.75, 3.05) is 0 Å². The van der Waals surface area contributed by atoms with Crippen molar-refractivity contribution >= 4 is 17.7 Å². The van der Waals surface area contributed by atoms with E-state index in [0.29, 0.717) is 23.2 Å². The standard InChI is InChI=1S/C11H19NOS/c1-6(2)8-9(13)12-7(3)11(4,5)14-10(8)12/h6-8,10H,1-5H3. The maximum atomic E-state index is 11.9. The second-order valence-electron chi connectivity index (χ2n) is 5.30. The van der Waals surface area contributed by atoms with E-state index in [9.17, 15) is 4.79 Å². The van der Waals surface area contributed by atoms with Gasteiger partial charge in [-0.2, -0.15) is 0 Å². The van der Waals surface area contributed by atoms with Gasteiger partial charge in [-0.15, -0.1) is 11.8 Å². The number of rotatable bonds is 1. The lowest BCUT2D eigenvalue weighted by Crippen LogP contribution is -2.61. The van der Waals surface area contributed by atoms with Crippen molar-refractivity contribution in [3.05, 3.63) is 0 Å². The summed E-state index contributed by atoms with van der Waals surface area (Å²) in [6.45, 7) is 10.9. The first kappa shape index (κ1) is 10.3. The van der Waals surface area contributed by atoms with Crippen LogP contribution in [0.1, 0.15) is 34.6 Å². The predicted molar refractivity (Wildman–Crippen MR) is 60.1 cm³/mol. The van der Waals surface area contributed by atoms with E-state index in [0.717, 1.165) is 0 Å². The van der Waals surface area contributed by atoms with Crippen LogP contribution in [0, 0.1) is 11.8 Å². The van der Waals surface area contributed by atoms with Gasteiger partial charge in [0.25, 0.3) is 0 Å². The number of hydrogen-bond donors (Lipinski definition) is 0. The highest BCUT2D eigenvalue weighted by molar-refractivity contribution is 8.01. The van der Waals surface area contributed by atoms with Gasteiger partial charge < -0.3 is 4.90 Å². The minimum absolute atomic E-state index is 0.226. The number of fused-ring (bicyclic) bond motifs is 1. The van der Waals surface area contributed by atoms with E-state index in [4.69, 9.17) is 0 Å². The summed E-state index contributed by atoms with van der Waals surface area (Å²) in [5.74, 6) is 1.12. The molecule has 0 aromatic carbocycles. The van der Waals surface area contributed by atoms with Crippen LogP contribution in [-0.4, -0.2) is 27.0 Å². The summed E-state index contributed by atoms with van der Waals surface area (Å²) in [5.41, 5.74) is 0. The predicted octanol–water partition coefficient (Wildman–Crippen LogP) is 2.34. The Labute approximate surface area is 90.4 Å². The van der Waals surface area contributed by atoms with Crippen molar-refractivity contribution in [2.45, 2.75) is 50.8 Å². The Kier molecular flexibility index (Phi) is 2.15. The number of amides is 1. The van der Waals surface area contributed by atoms with E-state index in [1.165, 1.54) is 0 Å². The fourth-order valence-corrected chi connectivity index (χ4v) is 4.32. The van der Waals surface area contributed by atoms with E-state index in [1.807, 2.05) is 11.8 Å². The Morgan fingerprint density at radius 1 is 1.43 bits per heavy atom. The minimum atomic E-state index is 0.226. The third kappa shape index (κ3) is 1.14. The molecule has 14 heavy (non-hydrogen) atoms. The fraction of sp³-hybridized carbons (Fsp3) is 0.909. The van der Waals surface area contributed by atoms with Gasteiger partial charge in [0.15, 0.2) is 0 Å². The Morgan fingerprint density at radius 3 is 2.50 bits per heavy atom. The van der Waals surface area contributed by atoms with Gasteiger partial charge in [-0.3, -0.25) is 4.79 Å². The molecule has 80 valence electrons. The third-order valence-corrected chi connectivity index (χ3v) is 5.40. The largest absolute Gasteiger partial charge is 0.325 e. The van der Waals surface area contributed by atoms with E-state index < -0.39 is 0 Å². The number of nitrogens with zero attached hydrogens (tertiary/aromatic N) is 1. The Morgan fingerprint density at radius 2 is 2.00 bits per heavy atom. The molecule has 0 aromatic heterocycles. The molecule has 2 saturated heterocycles. The van der Waals surface area contributed by atoms with Gasteiger partial charge >= 0.3 is 0 Å².